The number of thiol groups is 1. The van der Waals surface area contributed by atoms with Crippen molar-refractivity contribution in [3.05, 3.63) is 61.3 Å². The first-order valence-electron chi connectivity index (χ1n) is 10.1. The fraction of sp³-hybridized carbons (Fsp3) is 0.167. The number of hydrogen-bond donors (Lipinski definition) is 2. The lowest BCUT2D eigenvalue weighted by atomic mass is 10.1. The van der Waals surface area contributed by atoms with Gasteiger partial charge in [0.25, 0.3) is 5.69 Å². The molecule has 34 heavy (non-hydrogen) atoms. The summed E-state index contributed by atoms with van der Waals surface area (Å²) in [6.07, 6.45) is 0. The maximum atomic E-state index is 11.7. The van der Waals surface area contributed by atoms with Crippen LogP contribution in [0.1, 0.15) is 21.6 Å². The highest BCUT2D eigenvalue weighted by atomic mass is 32.1. The van der Waals surface area contributed by atoms with Crippen LogP contribution < -0.4 is 24.7 Å². The number of nitrogen functional groups attached to an aromatic ring is 1. The SMILES string of the molecule is Nc1cc(C#Cc2scc3c2OCCO3)c([N+](=O)[O-])cc1C#Cc1ccc(S)c2c1OCCO2. The summed E-state index contributed by atoms with van der Waals surface area (Å²) < 4.78 is 22.4. The van der Waals surface area contributed by atoms with Crippen molar-refractivity contribution in [3.63, 3.8) is 0 Å². The Morgan fingerprint density at radius 1 is 0.882 bits per heavy atom. The quantitative estimate of drug-likeness (QED) is 0.175. The average molecular weight is 493 g/mol. The van der Waals surface area contributed by atoms with Gasteiger partial charge in [0.05, 0.1) is 20.9 Å². The molecule has 2 N–H and O–H groups in total. The van der Waals surface area contributed by atoms with E-state index in [1.54, 1.807) is 17.5 Å². The molecular weight excluding hydrogens is 476 g/mol. The number of rotatable bonds is 1. The molecule has 2 aliphatic rings. The lowest BCUT2D eigenvalue weighted by Crippen LogP contribution is -2.16. The van der Waals surface area contributed by atoms with Crippen molar-refractivity contribution in [2.45, 2.75) is 4.90 Å². The first-order chi connectivity index (χ1) is 16.5. The summed E-state index contributed by atoms with van der Waals surface area (Å²) >= 11 is 5.73. The molecule has 0 spiro atoms. The van der Waals surface area contributed by atoms with Crippen LogP contribution in [-0.2, 0) is 0 Å². The summed E-state index contributed by atoms with van der Waals surface area (Å²) in [4.78, 5) is 12.5. The highest BCUT2D eigenvalue weighted by Gasteiger charge is 2.20. The highest BCUT2D eigenvalue weighted by Crippen LogP contribution is 2.40. The van der Waals surface area contributed by atoms with Gasteiger partial charge in [-0.25, -0.2) is 0 Å². The van der Waals surface area contributed by atoms with Crippen LogP contribution in [0, 0.1) is 33.8 Å². The molecule has 10 heteroatoms. The number of ether oxygens (including phenoxy) is 4. The fourth-order valence-electron chi connectivity index (χ4n) is 3.39. The number of nitrogens with zero attached hydrogens (tertiary/aromatic N) is 1. The predicted molar refractivity (Wildman–Crippen MR) is 129 cm³/mol. The molecule has 2 aliphatic heterocycles. The molecule has 0 amide bonds. The van der Waals surface area contributed by atoms with E-state index in [2.05, 4.69) is 36.3 Å². The maximum Gasteiger partial charge on any atom is 0.286 e. The van der Waals surface area contributed by atoms with Gasteiger partial charge in [-0.05, 0) is 24.1 Å². The van der Waals surface area contributed by atoms with Gasteiger partial charge in [0.2, 0.25) is 0 Å². The number of benzene rings is 2. The van der Waals surface area contributed by atoms with Gasteiger partial charge in [0.15, 0.2) is 23.0 Å². The molecule has 8 nitrogen and oxygen atoms in total. The second kappa shape index (κ2) is 9.10. The Morgan fingerprint density at radius 2 is 1.56 bits per heavy atom. The Kier molecular flexibility index (Phi) is 5.84. The first kappa shape index (κ1) is 21.8. The lowest BCUT2D eigenvalue weighted by Gasteiger charge is -2.20. The van der Waals surface area contributed by atoms with Crippen LogP contribution in [0.4, 0.5) is 11.4 Å². The second-order valence-electron chi connectivity index (χ2n) is 7.16. The monoisotopic (exact) mass is 492 g/mol. The summed E-state index contributed by atoms with van der Waals surface area (Å²) in [6, 6.07) is 6.29. The molecule has 0 aliphatic carbocycles. The lowest BCUT2D eigenvalue weighted by molar-refractivity contribution is -0.385. The largest absolute Gasteiger partial charge is 0.485 e. The first-order valence-corrected chi connectivity index (χ1v) is 11.4. The minimum Gasteiger partial charge on any atom is -0.485 e. The van der Waals surface area contributed by atoms with Crippen LogP contribution in [0.15, 0.2) is 34.5 Å². The summed E-state index contributed by atoms with van der Waals surface area (Å²) in [5, 5.41) is 13.5. The number of thiophene rings is 1. The highest BCUT2D eigenvalue weighted by molar-refractivity contribution is 7.80. The number of anilines is 1. The van der Waals surface area contributed by atoms with Crippen LogP contribution in [0.25, 0.3) is 0 Å². The zero-order valence-electron chi connectivity index (χ0n) is 17.5. The van der Waals surface area contributed by atoms with Gasteiger partial charge in [0, 0.05) is 17.1 Å². The summed E-state index contributed by atoms with van der Waals surface area (Å²) in [7, 11) is 0. The van der Waals surface area contributed by atoms with E-state index in [4.69, 9.17) is 24.7 Å². The van der Waals surface area contributed by atoms with Crippen molar-refractivity contribution in [3.8, 4) is 46.7 Å². The van der Waals surface area contributed by atoms with Gasteiger partial charge < -0.3 is 24.7 Å². The van der Waals surface area contributed by atoms with Crippen LogP contribution in [0.2, 0.25) is 0 Å². The van der Waals surface area contributed by atoms with Crippen LogP contribution in [-0.4, -0.2) is 31.4 Å². The predicted octanol–water partition coefficient (Wildman–Crippen LogP) is 3.87. The Bertz CT molecular complexity index is 1440. The van der Waals surface area contributed by atoms with Crippen molar-refractivity contribution in [2.75, 3.05) is 32.2 Å². The molecule has 5 rings (SSSR count). The molecule has 0 unspecified atom stereocenters. The zero-order valence-corrected chi connectivity index (χ0v) is 19.3. The van der Waals surface area contributed by atoms with Crippen molar-refractivity contribution < 1.29 is 23.9 Å². The molecule has 3 aromatic rings. The summed E-state index contributed by atoms with van der Waals surface area (Å²) in [6.45, 7) is 1.72. The van der Waals surface area contributed by atoms with Gasteiger partial charge in [-0.3, -0.25) is 10.1 Å². The molecule has 0 radical (unpaired) electrons. The van der Waals surface area contributed by atoms with Crippen LogP contribution >= 0.6 is 24.0 Å². The van der Waals surface area contributed by atoms with E-state index in [1.807, 2.05) is 0 Å². The van der Waals surface area contributed by atoms with E-state index < -0.39 is 4.92 Å². The molecule has 0 saturated carbocycles. The fourth-order valence-corrected chi connectivity index (χ4v) is 4.41. The smallest absolute Gasteiger partial charge is 0.286 e. The van der Waals surface area contributed by atoms with Crippen LogP contribution in [0.5, 0.6) is 23.0 Å². The Morgan fingerprint density at radius 3 is 2.35 bits per heavy atom. The summed E-state index contributed by atoms with van der Waals surface area (Å²) in [5.74, 6) is 13.9. The van der Waals surface area contributed by atoms with Gasteiger partial charge in [-0.15, -0.1) is 24.0 Å². The molecule has 0 atom stereocenters. The van der Waals surface area contributed by atoms with Crippen LogP contribution in [0.3, 0.4) is 0 Å². The molecule has 3 heterocycles. The Hall–Kier alpha value is -3.99. The maximum absolute atomic E-state index is 11.7. The topological polar surface area (TPSA) is 106 Å². The Labute approximate surface area is 204 Å². The normalized spacial score (nSPS) is 13.2. The van der Waals surface area contributed by atoms with Gasteiger partial charge >= 0.3 is 0 Å². The third-order valence-electron chi connectivity index (χ3n) is 4.98. The van der Waals surface area contributed by atoms with Gasteiger partial charge in [-0.2, -0.15) is 0 Å². The van der Waals surface area contributed by atoms with E-state index in [0.29, 0.717) is 70.3 Å². The summed E-state index contributed by atoms with van der Waals surface area (Å²) in [5.41, 5.74) is 7.31. The standard InChI is InChI=1S/C24H16N2O6S2/c25-17-11-16(4-6-21-23-19(13-34-21)29-7-8-31-23)18(26(27)28)12-15(17)2-1-14-3-5-20(33)24-22(14)30-9-10-32-24/h3,5,11-13,33H,7-10,25H2. The molecule has 0 bridgehead atoms. The van der Waals surface area contributed by atoms with E-state index in [0.717, 1.165) is 0 Å². The van der Waals surface area contributed by atoms with Gasteiger partial charge in [-0.1, -0.05) is 17.8 Å². The third kappa shape index (κ3) is 4.17. The molecule has 170 valence electrons. The molecule has 0 saturated heterocycles. The number of hydrogen-bond acceptors (Lipinski definition) is 9. The number of nitro groups is 1. The second-order valence-corrected chi connectivity index (χ2v) is 8.52. The Balaban J connectivity index is 1.50. The van der Waals surface area contributed by atoms with Crippen molar-refractivity contribution >= 4 is 35.3 Å². The minimum absolute atomic E-state index is 0.181. The van der Waals surface area contributed by atoms with E-state index in [-0.39, 0.29) is 16.9 Å². The third-order valence-corrected chi connectivity index (χ3v) is 6.18. The van der Waals surface area contributed by atoms with E-state index in [1.165, 1.54) is 23.5 Å². The van der Waals surface area contributed by atoms with Crippen molar-refractivity contribution in [1.82, 2.24) is 0 Å². The number of fused-ring (bicyclic) bond motifs is 2. The molecule has 2 aromatic carbocycles. The molecule has 1 aromatic heterocycles. The number of nitro benzene ring substituents is 1. The van der Waals surface area contributed by atoms with E-state index >= 15 is 0 Å². The number of nitrogens with two attached hydrogens (primary N) is 1. The van der Waals surface area contributed by atoms with Gasteiger partial charge in [0.1, 0.15) is 36.9 Å². The zero-order chi connectivity index (χ0) is 23.7. The van der Waals surface area contributed by atoms with E-state index in [9.17, 15) is 10.1 Å². The molecular formula is C24H16N2O6S2. The van der Waals surface area contributed by atoms with Crippen molar-refractivity contribution in [2.24, 2.45) is 0 Å². The average Bonchev–Trinajstić information content (AvgIpc) is 3.26. The van der Waals surface area contributed by atoms with Crippen molar-refractivity contribution in [1.29, 1.82) is 0 Å². The molecule has 0 fully saturated rings. The minimum atomic E-state index is -0.507.